The van der Waals surface area contributed by atoms with Gasteiger partial charge < -0.3 is 20.0 Å². The molecule has 1 aliphatic heterocycles. The van der Waals surface area contributed by atoms with Crippen LogP contribution in [-0.4, -0.2) is 55.9 Å². The van der Waals surface area contributed by atoms with Crippen molar-refractivity contribution in [2.24, 2.45) is 11.7 Å². The van der Waals surface area contributed by atoms with Crippen molar-refractivity contribution in [3.05, 3.63) is 44.9 Å². The van der Waals surface area contributed by atoms with Gasteiger partial charge in [-0.3, -0.25) is 4.79 Å². The number of anilines is 1. The quantitative estimate of drug-likeness (QED) is 0.330. The third-order valence-electron chi connectivity index (χ3n) is 7.95. The van der Waals surface area contributed by atoms with Crippen molar-refractivity contribution in [1.82, 2.24) is 9.88 Å². The largest absolute Gasteiger partial charge is 0.412 e. The van der Waals surface area contributed by atoms with Crippen LogP contribution in [0.5, 0.6) is 0 Å². The first-order valence-corrected chi connectivity index (χ1v) is 17.7. The molecule has 0 unspecified atom stereocenters. The predicted molar refractivity (Wildman–Crippen MR) is 157 cm³/mol. The molecule has 1 aromatic carbocycles. The fraction of sp³-hybridized carbons (Fsp3) is 0.630. The molecule has 2 heterocycles. The third-order valence-corrected chi connectivity index (χ3v) is 14.4. The molecule has 4 rings (SSSR count). The number of nitrogens with two attached hydrogens (primary N) is 1. The number of amides is 1. The van der Waals surface area contributed by atoms with E-state index in [9.17, 15) is 4.79 Å². The van der Waals surface area contributed by atoms with Crippen LogP contribution in [0.15, 0.2) is 24.4 Å². The van der Waals surface area contributed by atoms with E-state index in [1.165, 1.54) is 0 Å². The van der Waals surface area contributed by atoms with Crippen molar-refractivity contribution in [2.45, 2.75) is 83.3 Å². The molecule has 2 aliphatic rings. The van der Waals surface area contributed by atoms with Gasteiger partial charge in [-0.1, -0.05) is 56.1 Å². The second-order valence-electron chi connectivity index (χ2n) is 11.9. The van der Waals surface area contributed by atoms with Crippen LogP contribution < -0.4 is 10.6 Å². The van der Waals surface area contributed by atoms with E-state index in [2.05, 4.69) is 38.8 Å². The van der Waals surface area contributed by atoms with Gasteiger partial charge in [0.25, 0.3) is 0 Å². The molecule has 1 saturated carbocycles. The highest BCUT2D eigenvalue weighted by molar-refractivity contribution is 7.15. The zero-order valence-electron chi connectivity index (χ0n) is 22.6. The van der Waals surface area contributed by atoms with Gasteiger partial charge in [-0.25, -0.2) is 4.98 Å². The summed E-state index contributed by atoms with van der Waals surface area (Å²) in [5.74, 6) is -0.208. The molecule has 1 amide bonds. The monoisotopic (exact) mass is 582 g/mol. The maximum Gasteiger partial charge on any atom is 0.227 e. The Morgan fingerprint density at radius 1 is 1.30 bits per heavy atom. The van der Waals surface area contributed by atoms with Crippen LogP contribution in [0.4, 0.5) is 5.13 Å². The van der Waals surface area contributed by atoms with Crippen LogP contribution in [0.25, 0.3) is 0 Å². The smallest absolute Gasteiger partial charge is 0.227 e. The Morgan fingerprint density at radius 3 is 2.68 bits per heavy atom. The fourth-order valence-corrected chi connectivity index (χ4v) is 7.29. The lowest BCUT2D eigenvalue weighted by Crippen LogP contribution is -2.44. The standard InChI is InChI=1S/C27H40Cl2N4O2SSi/c1-27(2,3)37(4,5)35-21-11-12-32(17-21)26-31-15-22(36-26)13-19(14-30)25(34)33(20-9-10-20)16-18-7-6-8-23(28)24(18)29/h6-8,15,19-21H,9-14,16-17,30H2,1-5H3/t19-,21-/m0/s1. The van der Waals surface area contributed by atoms with E-state index in [1.54, 1.807) is 17.4 Å². The Morgan fingerprint density at radius 2 is 2.03 bits per heavy atom. The molecule has 0 spiro atoms. The Bertz CT molecular complexity index is 1100. The summed E-state index contributed by atoms with van der Waals surface area (Å²) in [6, 6.07) is 5.82. The van der Waals surface area contributed by atoms with Crippen LogP contribution in [0, 0.1) is 5.92 Å². The van der Waals surface area contributed by atoms with E-state index >= 15 is 0 Å². The molecule has 0 bridgehead atoms. The molecule has 1 aliphatic carbocycles. The van der Waals surface area contributed by atoms with Gasteiger partial charge in [-0.2, -0.15) is 0 Å². The van der Waals surface area contributed by atoms with Gasteiger partial charge in [0.05, 0.1) is 22.1 Å². The molecule has 1 saturated heterocycles. The summed E-state index contributed by atoms with van der Waals surface area (Å²) in [6.07, 6.45) is 5.80. The fourth-order valence-electron chi connectivity index (χ4n) is 4.51. The zero-order chi connectivity index (χ0) is 27.0. The zero-order valence-corrected chi connectivity index (χ0v) is 25.9. The van der Waals surface area contributed by atoms with Gasteiger partial charge in [-0.15, -0.1) is 11.3 Å². The van der Waals surface area contributed by atoms with E-state index in [-0.39, 0.29) is 29.0 Å². The molecule has 2 fully saturated rings. The molecule has 204 valence electrons. The highest BCUT2D eigenvalue weighted by Gasteiger charge is 2.41. The number of carbonyl (C=O) groups excluding carboxylic acids is 1. The molecular formula is C27H40Cl2N4O2SSi. The first-order valence-electron chi connectivity index (χ1n) is 13.2. The molecule has 6 nitrogen and oxygen atoms in total. The second-order valence-corrected chi connectivity index (χ2v) is 18.5. The van der Waals surface area contributed by atoms with Crippen molar-refractivity contribution >= 4 is 53.9 Å². The average molecular weight is 584 g/mol. The third kappa shape index (κ3) is 6.89. The van der Waals surface area contributed by atoms with Gasteiger partial charge in [0, 0.05) is 43.3 Å². The predicted octanol–water partition coefficient (Wildman–Crippen LogP) is 6.36. The number of thiazole rings is 1. The van der Waals surface area contributed by atoms with Gasteiger partial charge in [0.2, 0.25) is 5.91 Å². The lowest BCUT2D eigenvalue weighted by atomic mass is 10.0. The molecule has 0 radical (unpaired) electrons. The molecule has 2 N–H and O–H groups in total. The van der Waals surface area contributed by atoms with E-state index in [0.29, 0.717) is 29.6 Å². The Kier molecular flexibility index (Phi) is 8.98. The number of nitrogens with zero attached hydrogens (tertiary/aromatic N) is 3. The summed E-state index contributed by atoms with van der Waals surface area (Å²) in [7, 11) is -1.80. The first-order chi connectivity index (χ1) is 17.4. The summed E-state index contributed by atoms with van der Waals surface area (Å²) in [6.45, 7) is 14.0. The Balaban J connectivity index is 1.39. The van der Waals surface area contributed by atoms with Gasteiger partial charge in [0.1, 0.15) is 0 Å². The molecule has 2 aromatic rings. The van der Waals surface area contributed by atoms with Crippen LogP contribution in [0.3, 0.4) is 0 Å². The number of carbonyl (C=O) groups is 1. The van der Waals surface area contributed by atoms with E-state index < -0.39 is 8.32 Å². The van der Waals surface area contributed by atoms with E-state index in [1.807, 2.05) is 23.2 Å². The normalized spacial score (nSPS) is 19.4. The molecule has 10 heteroatoms. The summed E-state index contributed by atoms with van der Waals surface area (Å²) >= 11 is 14.3. The molecule has 1 aromatic heterocycles. The minimum absolute atomic E-state index is 0.0833. The van der Waals surface area contributed by atoms with Crippen molar-refractivity contribution < 1.29 is 9.22 Å². The van der Waals surface area contributed by atoms with Crippen LogP contribution in [0.1, 0.15) is 50.5 Å². The number of aromatic nitrogens is 1. The Hall–Kier alpha value is -1.16. The van der Waals surface area contributed by atoms with Gasteiger partial charge in [-0.05, 0) is 55.4 Å². The van der Waals surface area contributed by atoms with Crippen molar-refractivity contribution in [3.63, 3.8) is 0 Å². The maximum atomic E-state index is 13.6. The van der Waals surface area contributed by atoms with E-state index in [0.717, 1.165) is 47.9 Å². The topological polar surface area (TPSA) is 71.7 Å². The SMILES string of the molecule is CC(C)(C)[Si](C)(C)O[C@H]1CCN(c2ncc(C[C@@H](CN)C(=O)N(Cc3cccc(Cl)c3Cl)C3CC3)s2)C1. The molecular weight excluding hydrogens is 543 g/mol. The minimum Gasteiger partial charge on any atom is -0.412 e. The summed E-state index contributed by atoms with van der Waals surface area (Å²) in [4.78, 5) is 23.7. The number of hydrogen-bond donors (Lipinski definition) is 1. The number of hydrogen-bond acceptors (Lipinski definition) is 6. The summed E-state index contributed by atoms with van der Waals surface area (Å²) < 4.78 is 6.64. The summed E-state index contributed by atoms with van der Waals surface area (Å²) in [5, 5.41) is 2.23. The highest BCUT2D eigenvalue weighted by atomic mass is 35.5. The van der Waals surface area contributed by atoms with Crippen LogP contribution in [-0.2, 0) is 22.2 Å². The number of benzene rings is 1. The lowest BCUT2D eigenvalue weighted by Gasteiger charge is -2.38. The number of rotatable bonds is 10. The molecule has 2 atom stereocenters. The van der Waals surface area contributed by atoms with Crippen LogP contribution >= 0.6 is 34.5 Å². The highest BCUT2D eigenvalue weighted by Crippen LogP contribution is 2.39. The lowest BCUT2D eigenvalue weighted by molar-refractivity contribution is -0.136. The van der Waals surface area contributed by atoms with Crippen molar-refractivity contribution in [3.8, 4) is 0 Å². The number of halogens is 2. The van der Waals surface area contributed by atoms with Crippen LogP contribution in [0.2, 0.25) is 28.2 Å². The van der Waals surface area contributed by atoms with E-state index in [4.69, 9.17) is 38.3 Å². The maximum absolute atomic E-state index is 13.6. The molecule has 37 heavy (non-hydrogen) atoms. The summed E-state index contributed by atoms with van der Waals surface area (Å²) in [5.41, 5.74) is 7.00. The minimum atomic E-state index is -1.80. The van der Waals surface area contributed by atoms with Gasteiger partial charge >= 0.3 is 0 Å². The first kappa shape index (κ1) is 28.8. The Labute approximate surface area is 236 Å². The van der Waals surface area contributed by atoms with Gasteiger partial charge in [0.15, 0.2) is 13.4 Å². The second kappa shape index (κ2) is 11.5. The average Bonchev–Trinajstić information content (AvgIpc) is 3.38. The van der Waals surface area contributed by atoms with Crippen molar-refractivity contribution in [1.29, 1.82) is 0 Å². The van der Waals surface area contributed by atoms with Crippen molar-refractivity contribution in [2.75, 3.05) is 24.5 Å².